The highest BCUT2D eigenvalue weighted by Crippen LogP contribution is 2.45. The molecular formula is C53H31N3OS. The molecule has 0 atom stereocenters. The van der Waals surface area contributed by atoms with E-state index < -0.39 is 6.04 Å². The molecule has 12 aromatic rings. The Morgan fingerprint density at radius 2 is 0.948 bits per heavy atom. The maximum absolute atomic E-state index is 8.79. The Morgan fingerprint density at radius 3 is 1.74 bits per heavy atom. The van der Waals surface area contributed by atoms with Crippen LogP contribution in [0.1, 0.15) is 6.85 Å². The maximum atomic E-state index is 8.79. The van der Waals surface area contributed by atoms with Crippen LogP contribution in [0.25, 0.3) is 120 Å². The van der Waals surface area contributed by atoms with Crippen molar-refractivity contribution in [2.45, 2.75) is 0 Å². The first kappa shape index (κ1) is 28.0. The average molecular weight is 763 g/mol. The molecule has 3 aromatic heterocycles. The highest BCUT2D eigenvalue weighted by atomic mass is 32.1. The van der Waals surface area contributed by atoms with Crippen LogP contribution in [0.5, 0.6) is 0 Å². The lowest BCUT2D eigenvalue weighted by molar-refractivity contribution is 0.669. The summed E-state index contributed by atoms with van der Waals surface area (Å²) in [5.74, 6) is 1.60. The first-order valence-corrected chi connectivity index (χ1v) is 19.8. The van der Waals surface area contributed by atoms with E-state index in [0.29, 0.717) is 23.0 Å². The van der Waals surface area contributed by atoms with Crippen molar-refractivity contribution in [3.63, 3.8) is 0 Å². The molecule has 0 N–H and O–H groups in total. The van der Waals surface area contributed by atoms with Gasteiger partial charge in [0.1, 0.15) is 11.2 Å². The molecule has 0 radical (unpaired) electrons. The van der Waals surface area contributed by atoms with Gasteiger partial charge in [0.25, 0.3) is 0 Å². The second-order valence-electron chi connectivity index (χ2n) is 14.4. The Balaban J connectivity index is 1.09. The lowest BCUT2D eigenvalue weighted by atomic mass is 9.95. The van der Waals surface area contributed by atoms with Gasteiger partial charge in [0, 0.05) is 47.6 Å². The summed E-state index contributed by atoms with van der Waals surface area (Å²) in [6.07, 6.45) is 0. The van der Waals surface area contributed by atoms with Gasteiger partial charge in [0.2, 0.25) is 0 Å². The van der Waals surface area contributed by atoms with Gasteiger partial charge in [0.05, 0.1) is 6.85 Å². The number of para-hydroxylation sites is 1. The van der Waals surface area contributed by atoms with E-state index in [4.69, 9.17) is 26.2 Å². The number of fused-ring (bicyclic) bond motifs is 8. The number of rotatable bonds is 5. The fraction of sp³-hybridized carbons (Fsp3) is 0. The van der Waals surface area contributed by atoms with Crippen molar-refractivity contribution in [1.82, 2.24) is 15.0 Å². The third kappa shape index (κ3) is 5.25. The summed E-state index contributed by atoms with van der Waals surface area (Å²) < 4.78 is 50.8. The quantitative estimate of drug-likeness (QED) is 0.175. The van der Waals surface area contributed by atoms with Crippen molar-refractivity contribution >= 4 is 75.0 Å². The van der Waals surface area contributed by atoms with Gasteiger partial charge in [-0.15, -0.1) is 11.3 Å². The van der Waals surface area contributed by atoms with Crippen molar-refractivity contribution in [1.29, 1.82) is 0 Å². The largest absolute Gasteiger partial charge is 0.456 e. The van der Waals surface area contributed by atoms with Gasteiger partial charge in [-0.1, -0.05) is 158 Å². The van der Waals surface area contributed by atoms with Crippen molar-refractivity contribution in [2.75, 3.05) is 0 Å². The number of furan rings is 1. The second-order valence-corrected chi connectivity index (χ2v) is 15.4. The van der Waals surface area contributed by atoms with E-state index in [1.807, 2.05) is 84.9 Å². The lowest BCUT2D eigenvalue weighted by Crippen LogP contribution is -2.01. The Hall–Kier alpha value is -7.47. The summed E-state index contributed by atoms with van der Waals surface area (Å²) in [5, 5.41) is 8.15. The van der Waals surface area contributed by atoms with Gasteiger partial charge < -0.3 is 4.42 Å². The predicted octanol–water partition coefficient (Wildman–Crippen LogP) is 14.8. The number of thiophene rings is 1. The van der Waals surface area contributed by atoms with Crippen LogP contribution in [-0.2, 0) is 0 Å². The van der Waals surface area contributed by atoms with Crippen LogP contribution in [0.4, 0.5) is 0 Å². The van der Waals surface area contributed by atoms with Crippen LogP contribution >= 0.6 is 11.3 Å². The van der Waals surface area contributed by atoms with Gasteiger partial charge in [0.15, 0.2) is 17.5 Å². The van der Waals surface area contributed by atoms with E-state index in [0.717, 1.165) is 91.5 Å². The fourth-order valence-corrected chi connectivity index (χ4v) is 9.67. The topological polar surface area (TPSA) is 51.8 Å². The third-order valence-electron chi connectivity index (χ3n) is 11.0. The Morgan fingerprint density at radius 1 is 0.379 bits per heavy atom. The van der Waals surface area contributed by atoms with Crippen molar-refractivity contribution in [2.24, 2.45) is 0 Å². The fourth-order valence-electron chi connectivity index (χ4n) is 8.31. The summed E-state index contributed by atoms with van der Waals surface area (Å²) in [7, 11) is 0. The van der Waals surface area contributed by atoms with Gasteiger partial charge in [-0.3, -0.25) is 0 Å². The summed E-state index contributed by atoms with van der Waals surface area (Å²) in [6, 6.07) is 51.7. The molecule has 5 heteroatoms. The van der Waals surface area contributed by atoms with Gasteiger partial charge in [-0.2, -0.15) is 0 Å². The van der Waals surface area contributed by atoms with Crippen molar-refractivity contribution in [3.05, 3.63) is 188 Å². The normalized spacial score (nSPS) is 13.0. The summed E-state index contributed by atoms with van der Waals surface area (Å²) in [6.45, 7) is 0. The Labute approximate surface area is 344 Å². The zero-order chi connectivity index (χ0) is 42.5. The van der Waals surface area contributed by atoms with Crippen LogP contribution < -0.4 is 0 Å². The van der Waals surface area contributed by atoms with E-state index in [1.54, 1.807) is 11.3 Å². The van der Waals surface area contributed by atoms with Crippen molar-refractivity contribution in [3.8, 4) is 56.4 Å². The van der Waals surface area contributed by atoms with Gasteiger partial charge >= 0.3 is 0 Å². The molecular weight excluding hydrogens is 727 g/mol. The first-order chi connectivity index (χ1) is 30.8. The van der Waals surface area contributed by atoms with E-state index in [2.05, 4.69) is 72.8 Å². The summed E-state index contributed by atoms with van der Waals surface area (Å²) in [4.78, 5) is 15.7. The number of benzene rings is 9. The molecule has 0 spiro atoms. The molecule has 0 aliphatic heterocycles. The molecule has 0 fully saturated rings. The zero-order valence-electron chi connectivity index (χ0n) is 35.7. The van der Waals surface area contributed by atoms with Crippen LogP contribution in [0.15, 0.2) is 192 Å². The second kappa shape index (κ2) is 13.1. The highest BCUT2D eigenvalue weighted by molar-refractivity contribution is 7.26. The predicted molar refractivity (Wildman–Crippen MR) is 242 cm³/mol. The standard InChI is InChI=1S/C53H31N3OS/c1-2-13-33(14-3-1)39-21-11-23-43-44-24-12-22-40(50(44)58-49(39)43)36-29-34-16-5-7-19-38(34)46(30-36)53-55-51(35-27-28-42-41-20-8-9-26-47(41)57-48(42)31-35)54-52(56-53)45-25-10-17-32-15-4-6-18-37(32)45/h1-31H/i1D,2D,3D,13D,14D. The molecule has 3 heterocycles. The monoisotopic (exact) mass is 762 g/mol. The molecule has 0 aliphatic rings. The average Bonchev–Trinajstić information content (AvgIpc) is 3.91. The molecule has 0 amide bonds. The van der Waals surface area contributed by atoms with Crippen molar-refractivity contribution < 1.29 is 11.3 Å². The SMILES string of the molecule is [2H]c1c([2H])c([2H])c(-c2cccc3c2sc2c(-c4cc(-c5nc(-c6ccc7c(c6)oc6ccccc67)nc(-c6cccc7ccccc67)n5)c5ccccc5c4)cccc23)c([2H])c1[2H]. The highest BCUT2D eigenvalue weighted by Gasteiger charge is 2.20. The molecule has 0 saturated heterocycles. The minimum Gasteiger partial charge on any atom is -0.456 e. The van der Waals surface area contributed by atoms with Crippen LogP contribution in [0.2, 0.25) is 0 Å². The molecule has 12 rings (SSSR count). The number of nitrogens with zero attached hydrogens (tertiary/aromatic N) is 3. The van der Waals surface area contributed by atoms with E-state index in [-0.39, 0.29) is 29.7 Å². The zero-order valence-corrected chi connectivity index (χ0v) is 31.5. The number of aromatic nitrogens is 3. The van der Waals surface area contributed by atoms with Crippen LogP contribution in [-0.4, -0.2) is 15.0 Å². The molecule has 4 nitrogen and oxygen atoms in total. The molecule has 9 aromatic carbocycles. The molecule has 0 bridgehead atoms. The first-order valence-electron chi connectivity index (χ1n) is 21.5. The summed E-state index contributed by atoms with van der Waals surface area (Å²) >= 11 is 1.56. The minimum absolute atomic E-state index is 0.194. The van der Waals surface area contributed by atoms with Crippen LogP contribution in [0.3, 0.4) is 0 Å². The Bertz CT molecular complexity index is 3860. The number of hydrogen-bond donors (Lipinski definition) is 0. The third-order valence-corrected chi connectivity index (χ3v) is 12.3. The van der Waals surface area contributed by atoms with E-state index in [9.17, 15) is 0 Å². The lowest BCUT2D eigenvalue weighted by Gasteiger charge is -2.14. The van der Waals surface area contributed by atoms with Gasteiger partial charge in [-0.05, 0) is 74.1 Å². The molecule has 0 saturated carbocycles. The molecule has 270 valence electrons. The molecule has 0 aliphatic carbocycles. The van der Waals surface area contributed by atoms with Crippen LogP contribution in [0, 0.1) is 0 Å². The van der Waals surface area contributed by atoms with Gasteiger partial charge in [-0.25, -0.2) is 15.0 Å². The van der Waals surface area contributed by atoms with E-state index >= 15 is 0 Å². The summed E-state index contributed by atoms with van der Waals surface area (Å²) in [5.41, 5.74) is 6.87. The van der Waals surface area contributed by atoms with E-state index in [1.165, 1.54) is 0 Å². The minimum atomic E-state index is -0.409. The smallest absolute Gasteiger partial charge is 0.164 e. The number of hydrogen-bond acceptors (Lipinski definition) is 5. The maximum Gasteiger partial charge on any atom is 0.164 e. The molecule has 58 heavy (non-hydrogen) atoms. The Kier molecular flexibility index (Phi) is 6.30. The molecule has 0 unspecified atom stereocenters.